The first-order valence-electron chi connectivity index (χ1n) is 8.55. The Morgan fingerprint density at radius 2 is 1.96 bits per heavy atom. The molecule has 2 aliphatic rings. The van der Waals surface area contributed by atoms with Crippen LogP contribution < -0.4 is 0 Å². The quantitative estimate of drug-likeness (QED) is 0.547. The molecule has 0 radical (unpaired) electrons. The lowest BCUT2D eigenvalue weighted by molar-refractivity contribution is -0.144. The highest BCUT2D eigenvalue weighted by Crippen LogP contribution is 2.41. The van der Waals surface area contributed by atoms with E-state index in [0.717, 1.165) is 24.4 Å². The minimum absolute atomic E-state index is 0.0740. The molecule has 4 rings (SSSR count). The number of rotatable bonds is 6. The molecular formula is C17H19N3O4S2. The van der Waals surface area contributed by atoms with Crippen molar-refractivity contribution in [1.29, 1.82) is 0 Å². The van der Waals surface area contributed by atoms with Crippen LogP contribution in [0.25, 0.3) is 5.69 Å². The number of nitrogens with zero attached hydrogens (tertiary/aromatic N) is 3. The SMILES string of the molecule is O=C(CSc1nnc(C2CC2)n1-c1ccccc1)O[C@H]1CCS(=O)(=O)C1. The highest BCUT2D eigenvalue weighted by molar-refractivity contribution is 7.99. The van der Waals surface area contributed by atoms with Crippen LogP contribution in [0.15, 0.2) is 35.5 Å². The van der Waals surface area contributed by atoms with Crippen molar-refractivity contribution in [3.05, 3.63) is 36.2 Å². The molecule has 2 aromatic rings. The summed E-state index contributed by atoms with van der Waals surface area (Å²) in [5, 5.41) is 9.22. The summed E-state index contributed by atoms with van der Waals surface area (Å²) in [6, 6.07) is 9.83. The molecule has 0 spiro atoms. The molecule has 0 bridgehead atoms. The smallest absolute Gasteiger partial charge is 0.316 e. The first kappa shape index (κ1) is 17.5. The Hall–Kier alpha value is -1.87. The lowest BCUT2D eigenvalue weighted by atomic mass is 10.3. The molecule has 0 unspecified atom stereocenters. The number of sulfone groups is 1. The van der Waals surface area contributed by atoms with Gasteiger partial charge in [0.15, 0.2) is 15.0 Å². The fraction of sp³-hybridized carbons (Fsp3) is 0.471. The van der Waals surface area contributed by atoms with E-state index in [9.17, 15) is 13.2 Å². The molecule has 2 fully saturated rings. The molecule has 2 heterocycles. The molecule has 26 heavy (non-hydrogen) atoms. The van der Waals surface area contributed by atoms with Gasteiger partial charge in [0.05, 0.1) is 17.3 Å². The molecule has 0 N–H and O–H groups in total. The van der Waals surface area contributed by atoms with Crippen LogP contribution in [0.1, 0.15) is 31.0 Å². The molecule has 1 saturated heterocycles. The topological polar surface area (TPSA) is 91.2 Å². The summed E-state index contributed by atoms with van der Waals surface area (Å²) < 4.78 is 30.2. The summed E-state index contributed by atoms with van der Waals surface area (Å²) in [5.41, 5.74) is 0.970. The van der Waals surface area contributed by atoms with Gasteiger partial charge in [-0.3, -0.25) is 9.36 Å². The number of ether oxygens (including phenoxy) is 1. The van der Waals surface area contributed by atoms with Crippen LogP contribution in [0.4, 0.5) is 0 Å². The van der Waals surface area contributed by atoms with Gasteiger partial charge in [-0.15, -0.1) is 10.2 Å². The van der Waals surface area contributed by atoms with Gasteiger partial charge in [-0.1, -0.05) is 30.0 Å². The molecule has 7 nitrogen and oxygen atoms in total. The van der Waals surface area contributed by atoms with Gasteiger partial charge < -0.3 is 4.74 Å². The maximum atomic E-state index is 12.1. The van der Waals surface area contributed by atoms with Gasteiger partial charge in [0.1, 0.15) is 11.9 Å². The Morgan fingerprint density at radius 3 is 2.62 bits per heavy atom. The second-order valence-electron chi connectivity index (χ2n) is 6.59. The fourth-order valence-corrected chi connectivity index (χ4v) is 5.33. The Balaban J connectivity index is 1.44. The van der Waals surface area contributed by atoms with Gasteiger partial charge in [-0.25, -0.2) is 8.42 Å². The van der Waals surface area contributed by atoms with Gasteiger partial charge in [0.2, 0.25) is 0 Å². The van der Waals surface area contributed by atoms with E-state index in [2.05, 4.69) is 10.2 Å². The zero-order valence-corrected chi connectivity index (χ0v) is 15.7. The van der Waals surface area contributed by atoms with Crippen LogP contribution in [0.3, 0.4) is 0 Å². The monoisotopic (exact) mass is 393 g/mol. The van der Waals surface area contributed by atoms with Gasteiger partial charge in [0.25, 0.3) is 0 Å². The molecule has 1 aromatic heterocycles. The summed E-state index contributed by atoms with van der Waals surface area (Å²) in [7, 11) is -3.06. The van der Waals surface area contributed by atoms with Crippen molar-refractivity contribution in [2.45, 2.75) is 36.4 Å². The molecule has 1 saturated carbocycles. The minimum atomic E-state index is -3.06. The predicted molar refractivity (Wildman–Crippen MR) is 97.2 cm³/mol. The number of carbonyl (C=O) groups excluding carboxylic acids is 1. The van der Waals surface area contributed by atoms with Crippen molar-refractivity contribution >= 4 is 27.6 Å². The first-order valence-corrected chi connectivity index (χ1v) is 11.4. The molecule has 1 aliphatic carbocycles. The van der Waals surface area contributed by atoms with Crippen molar-refractivity contribution in [2.75, 3.05) is 17.3 Å². The van der Waals surface area contributed by atoms with Gasteiger partial charge >= 0.3 is 5.97 Å². The van der Waals surface area contributed by atoms with Crippen molar-refractivity contribution in [2.24, 2.45) is 0 Å². The van der Waals surface area contributed by atoms with E-state index in [1.807, 2.05) is 34.9 Å². The van der Waals surface area contributed by atoms with Crippen LogP contribution in [0.2, 0.25) is 0 Å². The second-order valence-corrected chi connectivity index (χ2v) is 9.76. The highest BCUT2D eigenvalue weighted by atomic mass is 32.2. The zero-order valence-electron chi connectivity index (χ0n) is 14.1. The third-order valence-electron chi connectivity index (χ3n) is 4.42. The average molecular weight is 393 g/mol. The minimum Gasteiger partial charge on any atom is -0.461 e. The predicted octanol–water partition coefficient (Wildman–Crippen LogP) is 1.97. The van der Waals surface area contributed by atoms with E-state index in [1.54, 1.807) is 0 Å². The number of esters is 1. The van der Waals surface area contributed by atoms with Crippen molar-refractivity contribution in [3.63, 3.8) is 0 Å². The average Bonchev–Trinajstić information content (AvgIpc) is 3.29. The second kappa shape index (κ2) is 7.03. The molecule has 1 aliphatic heterocycles. The lowest BCUT2D eigenvalue weighted by Crippen LogP contribution is -2.20. The molecule has 1 aromatic carbocycles. The summed E-state index contributed by atoms with van der Waals surface area (Å²) in [6.45, 7) is 0. The standard InChI is InChI=1S/C17H19N3O4S2/c21-15(24-14-8-9-26(22,23)11-14)10-25-17-19-18-16(12-6-7-12)20(17)13-4-2-1-3-5-13/h1-5,12,14H,6-11H2/t14-/m0/s1. The zero-order chi connectivity index (χ0) is 18.1. The normalized spacial score (nSPS) is 21.6. The van der Waals surface area contributed by atoms with Crippen LogP contribution in [0, 0.1) is 0 Å². The fourth-order valence-electron chi connectivity index (χ4n) is 3.00. The highest BCUT2D eigenvalue weighted by Gasteiger charge is 2.32. The van der Waals surface area contributed by atoms with Crippen molar-refractivity contribution in [3.8, 4) is 5.69 Å². The summed E-state index contributed by atoms with van der Waals surface area (Å²) >= 11 is 1.26. The van der Waals surface area contributed by atoms with E-state index in [-0.39, 0.29) is 17.3 Å². The maximum Gasteiger partial charge on any atom is 0.316 e. The van der Waals surface area contributed by atoms with Crippen molar-refractivity contribution in [1.82, 2.24) is 14.8 Å². The summed E-state index contributed by atoms with van der Waals surface area (Å²) in [5.74, 6) is 1.02. The van der Waals surface area contributed by atoms with Crippen LogP contribution >= 0.6 is 11.8 Å². The third-order valence-corrected chi connectivity index (χ3v) is 7.06. The molecule has 1 atom stereocenters. The molecular weight excluding hydrogens is 374 g/mol. The molecule has 0 amide bonds. The van der Waals surface area contributed by atoms with Crippen molar-refractivity contribution < 1.29 is 17.9 Å². The number of thioether (sulfide) groups is 1. The van der Waals surface area contributed by atoms with Gasteiger partial charge in [0, 0.05) is 11.6 Å². The molecule has 9 heteroatoms. The number of hydrogen-bond donors (Lipinski definition) is 0. The largest absolute Gasteiger partial charge is 0.461 e. The number of carbonyl (C=O) groups is 1. The van der Waals surface area contributed by atoms with E-state index in [1.165, 1.54) is 11.8 Å². The first-order chi connectivity index (χ1) is 12.5. The number of para-hydroxylation sites is 1. The Kier molecular flexibility index (Phi) is 4.74. The van der Waals surface area contributed by atoms with E-state index in [0.29, 0.717) is 17.5 Å². The van der Waals surface area contributed by atoms with Crippen LogP contribution in [0.5, 0.6) is 0 Å². The maximum absolute atomic E-state index is 12.1. The number of benzene rings is 1. The number of hydrogen-bond acceptors (Lipinski definition) is 7. The van der Waals surface area contributed by atoms with E-state index < -0.39 is 21.9 Å². The Labute approximate surface area is 156 Å². The molecule has 138 valence electrons. The summed E-state index contributed by atoms with van der Waals surface area (Å²) in [4.78, 5) is 12.1. The van der Waals surface area contributed by atoms with Gasteiger partial charge in [-0.2, -0.15) is 0 Å². The number of aromatic nitrogens is 3. The van der Waals surface area contributed by atoms with E-state index >= 15 is 0 Å². The Morgan fingerprint density at radius 1 is 1.19 bits per heavy atom. The lowest BCUT2D eigenvalue weighted by Gasteiger charge is -2.11. The van der Waals surface area contributed by atoms with Crippen LogP contribution in [-0.2, 0) is 19.4 Å². The van der Waals surface area contributed by atoms with Crippen LogP contribution in [-0.4, -0.2) is 52.5 Å². The summed E-state index contributed by atoms with van der Waals surface area (Å²) in [6.07, 6.45) is 2.06. The van der Waals surface area contributed by atoms with E-state index in [4.69, 9.17) is 4.74 Å². The third kappa shape index (κ3) is 3.93. The van der Waals surface area contributed by atoms with Gasteiger partial charge in [-0.05, 0) is 31.4 Å². The Bertz CT molecular complexity index is 907.